The first-order valence-electron chi connectivity index (χ1n) is 6.40. The predicted octanol–water partition coefficient (Wildman–Crippen LogP) is 2.61. The van der Waals surface area contributed by atoms with Gasteiger partial charge in [-0.2, -0.15) is 5.10 Å². The maximum atomic E-state index is 11.2. The van der Waals surface area contributed by atoms with Gasteiger partial charge in [-0.1, -0.05) is 6.92 Å². The van der Waals surface area contributed by atoms with Crippen LogP contribution < -0.4 is 0 Å². The first kappa shape index (κ1) is 13.9. The molecule has 3 atom stereocenters. The van der Waals surface area contributed by atoms with E-state index in [1.807, 2.05) is 6.92 Å². The van der Waals surface area contributed by atoms with Gasteiger partial charge < -0.3 is 5.11 Å². The van der Waals surface area contributed by atoms with Crippen molar-refractivity contribution in [2.24, 2.45) is 11.8 Å². The summed E-state index contributed by atoms with van der Waals surface area (Å²) in [6, 6.07) is 0. The maximum absolute atomic E-state index is 11.2. The van der Waals surface area contributed by atoms with Crippen molar-refractivity contribution in [3.05, 3.63) is 12.7 Å². The van der Waals surface area contributed by atoms with Crippen molar-refractivity contribution in [1.82, 2.24) is 14.8 Å². The molecule has 4 nitrogen and oxygen atoms in total. The minimum absolute atomic E-state index is 0.0700. The predicted molar refractivity (Wildman–Crippen MR) is 74.5 cm³/mol. The van der Waals surface area contributed by atoms with Crippen LogP contribution in [0.25, 0.3) is 0 Å². The molecular weight excluding hydrogens is 309 g/mol. The highest BCUT2D eigenvalue weighted by Crippen LogP contribution is 2.64. The summed E-state index contributed by atoms with van der Waals surface area (Å²) in [6.45, 7) is 2.29. The number of hydrogen-bond acceptors (Lipinski definition) is 3. The lowest BCUT2D eigenvalue weighted by atomic mass is 9.80. The molecule has 0 amide bonds. The second-order valence-corrected chi connectivity index (χ2v) is 8.11. The molecule has 1 heterocycles. The number of aromatic nitrogens is 3. The molecule has 0 bridgehead atoms. The van der Waals surface area contributed by atoms with Crippen LogP contribution in [0.2, 0.25) is 0 Å². The summed E-state index contributed by atoms with van der Waals surface area (Å²) in [7, 11) is 0. The summed E-state index contributed by atoms with van der Waals surface area (Å²) >= 11 is 18.8. The Hall–Kier alpha value is -0.0300. The van der Waals surface area contributed by atoms with Crippen molar-refractivity contribution in [3.8, 4) is 0 Å². The highest BCUT2D eigenvalue weighted by Gasteiger charge is 2.67. The third-order valence-corrected chi connectivity index (χ3v) is 6.14. The van der Waals surface area contributed by atoms with Crippen molar-refractivity contribution in [2.75, 3.05) is 0 Å². The van der Waals surface area contributed by atoms with E-state index in [1.165, 1.54) is 6.33 Å². The van der Waals surface area contributed by atoms with E-state index < -0.39 is 14.8 Å². The van der Waals surface area contributed by atoms with Gasteiger partial charge >= 0.3 is 0 Å². The summed E-state index contributed by atoms with van der Waals surface area (Å²) < 4.78 is 0.892. The first-order chi connectivity index (χ1) is 8.79. The van der Waals surface area contributed by atoms with Gasteiger partial charge in [-0.15, -0.1) is 34.8 Å². The number of nitrogens with zero attached hydrogens (tertiary/aromatic N) is 3. The van der Waals surface area contributed by atoms with Crippen molar-refractivity contribution >= 4 is 34.8 Å². The van der Waals surface area contributed by atoms with Crippen LogP contribution in [0.15, 0.2) is 12.7 Å². The molecular formula is C12H16Cl3N3O. The van der Waals surface area contributed by atoms with E-state index >= 15 is 0 Å². The summed E-state index contributed by atoms with van der Waals surface area (Å²) in [5.74, 6) is -0.0210. The van der Waals surface area contributed by atoms with Gasteiger partial charge in [-0.25, -0.2) is 9.67 Å². The monoisotopic (exact) mass is 323 g/mol. The zero-order valence-electron chi connectivity index (χ0n) is 10.6. The molecule has 106 valence electrons. The number of rotatable bonds is 5. The average molecular weight is 325 g/mol. The molecule has 2 fully saturated rings. The van der Waals surface area contributed by atoms with E-state index in [1.54, 1.807) is 11.0 Å². The largest absolute Gasteiger partial charge is 0.386 e. The fraction of sp³-hybridized carbons (Fsp3) is 0.833. The molecule has 0 radical (unpaired) electrons. The van der Waals surface area contributed by atoms with Gasteiger partial charge in [0, 0.05) is 5.92 Å². The highest BCUT2D eigenvalue weighted by atomic mass is 35.5. The number of alkyl halides is 3. The summed E-state index contributed by atoms with van der Waals surface area (Å²) in [6.07, 6.45) is 5.33. The van der Waals surface area contributed by atoms with Crippen LogP contribution in [-0.4, -0.2) is 34.7 Å². The van der Waals surface area contributed by atoms with E-state index in [0.29, 0.717) is 13.0 Å². The number of hydrogen-bond donors (Lipinski definition) is 1. The molecule has 0 aromatic carbocycles. The molecule has 0 aliphatic heterocycles. The van der Waals surface area contributed by atoms with Gasteiger partial charge in [-0.05, 0) is 25.2 Å². The van der Waals surface area contributed by atoms with Crippen LogP contribution in [-0.2, 0) is 6.54 Å². The van der Waals surface area contributed by atoms with Crippen molar-refractivity contribution in [1.29, 1.82) is 0 Å². The summed E-state index contributed by atoms with van der Waals surface area (Å²) in [5, 5.41) is 15.2. The van der Waals surface area contributed by atoms with Gasteiger partial charge in [0.05, 0.1) is 11.4 Å². The molecule has 1 N–H and O–H groups in total. The molecule has 1 aromatic heterocycles. The fourth-order valence-corrected chi connectivity index (χ4v) is 3.94. The van der Waals surface area contributed by atoms with E-state index in [4.69, 9.17) is 34.8 Å². The third-order valence-electron chi connectivity index (χ3n) is 4.57. The number of halogens is 3. The van der Waals surface area contributed by atoms with Gasteiger partial charge in [0.2, 0.25) is 0 Å². The van der Waals surface area contributed by atoms with E-state index in [-0.39, 0.29) is 11.8 Å². The van der Waals surface area contributed by atoms with Crippen LogP contribution in [0.3, 0.4) is 0 Å². The molecule has 2 saturated carbocycles. The van der Waals surface area contributed by atoms with Crippen LogP contribution >= 0.6 is 34.8 Å². The molecule has 1 aromatic rings. The Morgan fingerprint density at radius 1 is 1.47 bits per heavy atom. The topological polar surface area (TPSA) is 50.9 Å². The smallest absolute Gasteiger partial charge is 0.137 e. The molecule has 0 saturated heterocycles. The lowest BCUT2D eigenvalue weighted by Gasteiger charge is -2.39. The Morgan fingerprint density at radius 2 is 2.11 bits per heavy atom. The van der Waals surface area contributed by atoms with E-state index in [9.17, 15) is 5.11 Å². The van der Waals surface area contributed by atoms with Gasteiger partial charge in [0.1, 0.15) is 22.6 Å². The van der Waals surface area contributed by atoms with Crippen LogP contribution in [0.4, 0.5) is 0 Å². The summed E-state index contributed by atoms with van der Waals surface area (Å²) in [5.41, 5.74) is -1.07. The van der Waals surface area contributed by atoms with E-state index in [2.05, 4.69) is 10.1 Å². The minimum Gasteiger partial charge on any atom is -0.386 e. The molecule has 2 aliphatic rings. The molecule has 2 aliphatic carbocycles. The third kappa shape index (κ3) is 2.27. The Bertz CT molecular complexity index is 475. The molecule has 19 heavy (non-hydrogen) atoms. The number of aliphatic hydroxyl groups is 1. The Labute approximate surface area is 127 Å². The average Bonchev–Trinajstić information content (AvgIpc) is 3.15. The highest BCUT2D eigenvalue weighted by molar-refractivity contribution is 6.50. The van der Waals surface area contributed by atoms with Crippen LogP contribution in [0, 0.1) is 11.8 Å². The van der Waals surface area contributed by atoms with Crippen molar-refractivity contribution in [2.45, 2.75) is 47.5 Å². The molecule has 7 heteroatoms. The second kappa shape index (κ2) is 4.23. The Balaban J connectivity index is 1.85. The minimum atomic E-state index is -1.07. The Morgan fingerprint density at radius 3 is 2.53 bits per heavy atom. The fourth-order valence-electron chi connectivity index (χ4n) is 2.91. The Kier molecular flexibility index (Phi) is 3.10. The van der Waals surface area contributed by atoms with Crippen LogP contribution in [0.5, 0.6) is 0 Å². The molecule has 0 spiro atoms. The normalized spacial score (nSPS) is 31.5. The van der Waals surface area contributed by atoms with E-state index in [0.717, 1.165) is 12.8 Å². The second-order valence-electron chi connectivity index (χ2n) is 5.84. The van der Waals surface area contributed by atoms with Gasteiger partial charge in [-0.3, -0.25) is 0 Å². The lowest BCUT2D eigenvalue weighted by molar-refractivity contribution is -0.0488. The SMILES string of the molecule is CC(C1CC1(Cl)Cl)C(O)(Cn1cncn1)C1(Cl)CC1. The van der Waals surface area contributed by atoms with Gasteiger partial charge in [0.25, 0.3) is 0 Å². The first-order valence-corrected chi connectivity index (χ1v) is 7.53. The van der Waals surface area contributed by atoms with Gasteiger partial charge in [0.15, 0.2) is 0 Å². The molecule has 3 rings (SSSR count). The quantitative estimate of drug-likeness (QED) is 0.847. The lowest BCUT2D eigenvalue weighted by Crippen LogP contribution is -2.51. The summed E-state index contributed by atoms with van der Waals surface area (Å²) in [4.78, 5) is 3.31. The maximum Gasteiger partial charge on any atom is 0.137 e. The zero-order chi connectivity index (χ0) is 13.9. The van der Waals surface area contributed by atoms with Crippen molar-refractivity contribution in [3.63, 3.8) is 0 Å². The standard InChI is InChI=1S/C12H16Cl3N3O/c1-8(9-4-12(9,14)15)11(19,10(13)2-3-10)5-18-7-16-6-17-18/h6-9,19H,2-5H2,1H3. The van der Waals surface area contributed by atoms with Crippen molar-refractivity contribution < 1.29 is 5.11 Å². The van der Waals surface area contributed by atoms with Crippen LogP contribution in [0.1, 0.15) is 26.2 Å². The molecule has 3 unspecified atom stereocenters. The zero-order valence-corrected chi connectivity index (χ0v) is 12.8.